The number of ether oxygens (including phenoxy) is 2. The van der Waals surface area contributed by atoms with Crippen molar-refractivity contribution < 1.29 is 19.4 Å². The predicted octanol–water partition coefficient (Wildman–Crippen LogP) is 5.52. The molecule has 7 nitrogen and oxygen atoms in total. The Hall–Kier alpha value is -3.14. The van der Waals surface area contributed by atoms with E-state index in [-0.39, 0.29) is 24.1 Å². The molecule has 34 heavy (non-hydrogen) atoms. The maximum Gasteiger partial charge on any atom is 0.408 e. The van der Waals surface area contributed by atoms with Crippen LogP contribution in [0.5, 0.6) is 11.5 Å². The first-order valence-corrected chi connectivity index (χ1v) is 11.7. The summed E-state index contributed by atoms with van der Waals surface area (Å²) in [5.41, 5.74) is -0.555. The Kier molecular flexibility index (Phi) is 8.66. The number of hydrogen-bond acceptors (Lipinski definition) is 4. The van der Waals surface area contributed by atoms with Gasteiger partial charge < -0.3 is 19.1 Å². The predicted molar refractivity (Wildman–Crippen MR) is 136 cm³/mol. The van der Waals surface area contributed by atoms with E-state index in [1.807, 2.05) is 41.5 Å². The van der Waals surface area contributed by atoms with Crippen molar-refractivity contribution in [2.45, 2.75) is 79.9 Å². The van der Waals surface area contributed by atoms with E-state index in [9.17, 15) is 14.7 Å². The molecule has 0 radical (unpaired) electrons. The summed E-state index contributed by atoms with van der Waals surface area (Å²) in [6.07, 6.45) is 6.04. The zero-order chi connectivity index (χ0) is 25.7. The van der Waals surface area contributed by atoms with E-state index in [4.69, 9.17) is 15.9 Å². The first-order chi connectivity index (χ1) is 15.8. The minimum atomic E-state index is -1.06. The quantitative estimate of drug-likeness (QED) is 0.386. The lowest BCUT2D eigenvalue weighted by atomic mass is 9.96. The van der Waals surface area contributed by atoms with Crippen LogP contribution in [0, 0.1) is 17.8 Å². The standard InChI is InChI=1S/C27H38N2O5/c1-9-11-15-34-23-21-16-19(33-14-10-2)12-13-20(21)24(30)28(18-26(3,4)5)22(23)17-29(25(31)32)27(6,7)8/h2,12-13,16H,9,11,14-15,17-18H2,1,3-8H3,(H,31,32). The Bertz CT molecular complexity index is 1110. The minimum Gasteiger partial charge on any atom is -0.491 e. The van der Waals surface area contributed by atoms with Crippen LogP contribution in [0.2, 0.25) is 0 Å². The highest BCUT2D eigenvalue weighted by Gasteiger charge is 2.31. The molecular weight excluding hydrogens is 432 g/mol. The number of amides is 1. The van der Waals surface area contributed by atoms with Crippen LogP contribution in [-0.2, 0) is 13.1 Å². The van der Waals surface area contributed by atoms with Gasteiger partial charge in [-0.05, 0) is 50.8 Å². The number of aromatic nitrogens is 1. The van der Waals surface area contributed by atoms with Crippen molar-refractivity contribution in [1.29, 1.82) is 0 Å². The molecule has 1 heterocycles. The third-order valence-electron chi connectivity index (χ3n) is 5.35. The number of carboxylic acid groups (broad SMARTS) is 1. The highest BCUT2D eigenvalue weighted by atomic mass is 16.5. The molecule has 1 aromatic carbocycles. The van der Waals surface area contributed by atoms with Gasteiger partial charge in [0.05, 0.1) is 24.2 Å². The SMILES string of the molecule is C#CCOc1ccc2c(=O)n(CC(C)(C)C)c(CN(C(=O)O)C(C)(C)C)c(OCCCC)c2c1. The van der Waals surface area contributed by atoms with E-state index in [0.717, 1.165) is 12.8 Å². The van der Waals surface area contributed by atoms with E-state index in [1.54, 1.807) is 22.8 Å². The van der Waals surface area contributed by atoms with Gasteiger partial charge >= 0.3 is 6.09 Å². The second kappa shape index (κ2) is 10.9. The van der Waals surface area contributed by atoms with Crippen molar-refractivity contribution >= 4 is 16.9 Å². The second-order valence-electron chi connectivity index (χ2n) is 10.7. The fraction of sp³-hybridized carbons (Fsp3) is 0.556. The van der Waals surface area contributed by atoms with Crippen LogP contribution >= 0.6 is 0 Å². The van der Waals surface area contributed by atoms with Crippen molar-refractivity contribution in [2.75, 3.05) is 13.2 Å². The zero-order valence-electron chi connectivity index (χ0n) is 21.5. The van der Waals surface area contributed by atoms with Crippen molar-refractivity contribution in [3.8, 4) is 23.8 Å². The summed E-state index contributed by atoms with van der Waals surface area (Å²) in [4.78, 5) is 27.2. The Labute approximate surface area is 202 Å². The first-order valence-electron chi connectivity index (χ1n) is 11.7. The number of carbonyl (C=O) groups is 1. The molecule has 2 aromatic rings. The van der Waals surface area contributed by atoms with E-state index >= 15 is 0 Å². The molecule has 7 heteroatoms. The number of pyridine rings is 1. The van der Waals surface area contributed by atoms with Crippen molar-refractivity contribution in [2.24, 2.45) is 5.41 Å². The average molecular weight is 471 g/mol. The molecule has 1 amide bonds. The van der Waals surface area contributed by atoms with Crippen LogP contribution in [0.3, 0.4) is 0 Å². The van der Waals surface area contributed by atoms with Crippen LogP contribution < -0.4 is 15.0 Å². The highest BCUT2D eigenvalue weighted by Crippen LogP contribution is 2.34. The molecule has 0 atom stereocenters. The maximum atomic E-state index is 13.7. The molecule has 0 saturated carbocycles. The summed E-state index contributed by atoms with van der Waals surface area (Å²) in [7, 11) is 0. The van der Waals surface area contributed by atoms with E-state index in [0.29, 0.717) is 41.1 Å². The summed E-state index contributed by atoms with van der Waals surface area (Å²) in [6.45, 7) is 14.7. The van der Waals surface area contributed by atoms with Gasteiger partial charge in [-0.25, -0.2) is 4.79 Å². The van der Waals surface area contributed by atoms with Crippen molar-refractivity contribution in [1.82, 2.24) is 9.47 Å². The molecule has 0 fully saturated rings. The number of hydrogen-bond donors (Lipinski definition) is 1. The van der Waals surface area contributed by atoms with Crippen LogP contribution in [0.1, 0.15) is 67.0 Å². The number of fused-ring (bicyclic) bond motifs is 1. The average Bonchev–Trinajstić information content (AvgIpc) is 2.72. The molecule has 0 bridgehead atoms. The number of unbranched alkanes of at least 4 members (excludes halogenated alkanes) is 1. The monoisotopic (exact) mass is 470 g/mol. The van der Waals surface area contributed by atoms with Crippen LogP contribution in [0.4, 0.5) is 4.79 Å². The third kappa shape index (κ3) is 6.69. The van der Waals surface area contributed by atoms with Gasteiger partial charge in [0.2, 0.25) is 0 Å². The lowest BCUT2D eigenvalue weighted by Gasteiger charge is -2.35. The molecule has 2 rings (SSSR count). The van der Waals surface area contributed by atoms with Gasteiger partial charge in [0.15, 0.2) is 0 Å². The lowest BCUT2D eigenvalue weighted by molar-refractivity contribution is 0.0924. The van der Waals surface area contributed by atoms with Gasteiger partial charge in [0.1, 0.15) is 18.1 Å². The largest absolute Gasteiger partial charge is 0.491 e. The summed E-state index contributed by atoms with van der Waals surface area (Å²) in [6, 6.07) is 5.19. The Balaban J connectivity index is 2.89. The summed E-state index contributed by atoms with van der Waals surface area (Å²) in [5, 5.41) is 11.1. The Morgan fingerprint density at radius 2 is 1.82 bits per heavy atom. The van der Waals surface area contributed by atoms with Gasteiger partial charge in [-0.3, -0.25) is 9.69 Å². The molecule has 1 N–H and O–H groups in total. The van der Waals surface area contributed by atoms with Crippen molar-refractivity contribution in [3.63, 3.8) is 0 Å². The molecule has 0 aliphatic rings. The maximum absolute atomic E-state index is 13.7. The van der Waals surface area contributed by atoms with E-state index in [2.05, 4.69) is 12.8 Å². The normalized spacial score (nSPS) is 11.8. The Morgan fingerprint density at radius 3 is 2.35 bits per heavy atom. The van der Waals surface area contributed by atoms with Crippen molar-refractivity contribution in [3.05, 3.63) is 34.2 Å². The molecule has 0 saturated heterocycles. The van der Waals surface area contributed by atoms with Gasteiger partial charge in [-0.15, -0.1) is 6.42 Å². The third-order valence-corrected chi connectivity index (χ3v) is 5.35. The molecule has 186 valence electrons. The van der Waals surface area contributed by atoms with Gasteiger partial charge in [-0.2, -0.15) is 0 Å². The lowest BCUT2D eigenvalue weighted by Crippen LogP contribution is -2.45. The minimum absolute atomic E-state index is 0.0109. The molecule has 1 aromatic heterocycles. The summed E-state index contributed by atoms with van der Waals surface area (Å²) < 4.78 is 13.6. The van der Waals surface area contributed by atoms with Crippen LogP contribution in [0.15, 0.2) is 23.0 Å². The second-order valence-corrected chi connectivity index (χ2v) is 10.7. The summed E-state index contributed by atoms with van der Waals surface area (Å²) in [5.74, 6) is 3.47. The number of benzene rings is 1. The molecule has 0 spiro atoms. The summed E-state index contributed by atoms with van der Waals surface area (Å²) >= 11 is 0. The van der Waals surface area contributed by atoms with Gasteiger partial charge in [0.25, 0.3) is 5.56 Å². The van der Waals surface area contributed by atoms with Crippen LogP contribution in [0.25, 0.3) is 10.8 Å². The van der Waals surface area contributed by atoms with Gasteiger partial charge in [0, 0.05) is 17.5 Å². The number of terminal acetylenes is 1. The van der Waals surface area contributed by atoms with E-state index in [1.165, 1.54) is 4.90 Å². The fourth-order valence-corrected chi connectivity index (χ4v) is 3.68. The number of rotatable bonds is 9. The first kappa shape index (κ1) is 27.1. The number of nitrogens with zero attached hydrogens (tertiary/aromatic N) is 2. The molecule has 0 unspecified atom stereocenters. The highest BCUT2D eigenvalue weighted by molar-refractivity contribution is 5.90. The van der Waals surface area contributed by atoms with E-state index < -0.39 is 11.6 Å². The smallest absolute Gasteiger partial charge is 0.408 e. The molecular formula is C27H38N2O5. The van der Waals surface area contributed by atoms with Gasteiger partial charge in [-0.1, -0.05) is 40.0 Å². The molecule has 0 aliphatic heterocycles. The topological polar surface area (TPSA) is 81.0 Å². The molecule has 0 aliphatic carbocycles. The fourth-order valence-electron chi connectivity index (χ4n) is 3.68. The van der Waals surface area contributed by atoms with Crippen LogP contribution in [-0.4, -0.2) is 39.4 Å². The Morgan fingerprint density at radius 1 is 1.15 bits per heavy atom. The zero-order valence-corrected chi connectivity index (χ0v) is 21.5.